The Labute approximate surface area is 161 Å². The topological polar surface area (TPSA) is 50.6 Å². The number of aromatic nitrogens is 2. The number of rotatable bonds is 7. The lowest BCUT2D eigenvalue weighted by molar-refractivity contribution is -0.131. The molecule has 3 rings (SSSR count). The van der Waals surface area contributed by atoms with E-state index in [1.54, 1.807) is 7.11 Å². The molecular weight excluding hydrogens is 340 g/mol. The summed E-state index contributed by atoms with van der Waals surface area (Å²) in [6, 6.07) is 7.74. The molecule has 1 aromatic heterocycles. The molecule has 1 fully saturated rings. The molecule has 0 N–H and O–H groups in total. The van der Waals surface area contributed by atoms with Gasteiger partial charge in [0, 0.05) is 44.5 Å². The maximum absolute atomic E-state index is 12.8. The molecule has 1 aliphatic rings. The first-order valence-corrected chi connectivity index (χ1v) is 9.63. The molecule has 0 radical (unpaired) electrons. The molecule has 0 aliphatic carbocycles. The van der Waals surface area contributed by atoms with E-state index in [2.05, 4.69) is 34.7 Å². The molecule has 27 heavy (non-hydrogen) atoms. The molecule has 146 valence electrons. The molecule has 1 amide bonds. The van der Waals surface area contributed by atoms with Gasteiger partial charge in [-0.05, 0) is 44.6 Å². The Bertz CT molecular complexity index is 739. The summed E-state index contributed by atoms with van der Waals surface area (Å²) >= 11 is 0. The Morgan fingerprint density at radius 1 is 1.30 bits per heavy atom. The Kier molecular flexibility index (Phi) is 6.50. The zero-order valence-electron chi connectivity index (χ0n) is 16.6. The standard InChI is InChI=1S/C21H30N4O2/c1-23(2)13-14-24-12-10-22-21(24)18-5-4-11-25(16-18)20(26)15-17-6-8-19(27-3)9-7-17/h6-10,12,18H,4-5,11,13-16H2,1-3H3/t18-/m1/s1. The zero-order chi connectivity index (χ0) is 19.2. The quantitative estimate of drug-likeness (QED) is 0.751. The van der Waals surface area contributed by atoms with Gasteiger partial charge in [-0.1, -0.05) is 12.1 Å². The van der Waals surface area contributed by atoms with Crippen molar-refractivity contribution < 1.29 is 9.53 Å². The maximum atomic E-state index is 12.8. The number of likely N-dealkylation sites (N-methyl/N-ethyl adjacent to an activating group) is 1. The fourth-order valence-electron chi connectivity index (χ4n) is 3.62. The smallest absolute Gasteiger partial charge is 0.227 e. The van der Waals surface area contributed by atoms with Crippen molar-refractivity contribution in [2.24, 2.45) is 0 Å². The Morgan fingerprint density at radius 2 is 2.07 bits per heavy atom. The van der Waals surface area contributed by atoms with E-state index in [9.17, 15) is 4.79 Å². The molecule has 0 unspecified atom stereocenters. The molecule has 0 spiro atoms. The average molecular weight is 370 g/mol. The van der Waals surface area contributed by atoms with Gasteiger partial charge in [-0.2, -0.15) is 0 Å². The van der Waals surface area contributed by atoms with E-state index in [4.69, 9.17) is 4.74 Å². The van der Waals surface area contributed by atoms with Gasteiger partial charge in [-0.15, -0.1) is 0 Å². The highest BCUT2D eigenvalue weighted by Crippen LogP contribution is 2.26. The number of carbonyl (C=O) groups excluding carboxylic acids is 1. The van der Waals surface area contributed by atoms with Crippen LogP contribution in [0.25, 0.3) is 0 Å². The maximum Gasteiger partial charge on any atom is 0.227 e. The first kappa shape index (κ1) is 19.4. The highest BCUT2D eigenvalue weighted by atomic mass is 16.5. The Hall–Kier alpha value is -2.34. The molecule has 6 heteroatoms. The predicted molar refractivity (Wildman–Crippen MR) is 106 cm³/mol. The van der Waals surface area contributed by atoms with Crippen molar-refractivity contribution in [3.8, 4) is 5.75 Å². The predicted octanol–water partition coefficient (Wildman–Crippen LogP) is 2.40. The van der Waals surface area contributed by atoms with E-state index < -0.39 is 0 Å². The van der Waals surface area contributed by atoms with Crippen LogP contribution in [-0.2, 0) is 17.8 Å². The number of nitrogens with zero attached hydrogens (tertiary/aromatic N) is 4. The first-order valence-electron chi connectivity index (χ1n) is 9.63. The molecule has 0 saturated carbocycles. The summed E-state index contributed by atoms with van der Waals surface area (Å²) in [5.74, 6) is 2.43. The number of piperidine rings is 1. The summed E-state index contributed by atoms with van der Waals surface area (Å²) in [5.41, 5.74) is 1.02. The summed E-state index contributed by atoms with van der Waals surface area (Å²) in [5, 5.41) is 0. The largest absolute Gasteiger partial charge is 0.497 e. The van der Waals surface area contributed by atoms with E-state index in [1.165, 1.54) is 0 Å². The van der Waals surface area contributed by atoms with Gasteiger partial charge in [0.2, 0.25) is 5.91 Å². The minimum absolute atomic E-state index is 0.191. The van der Waals surface area contributed by atoms with Crippen LogP contribution in [0.1, 0.15) is 30.1 Å². The summed E-state index contributed by atoms with van der Waals surface area (Å²) in [6.45, 7) is 3.51. The zero-order valence-corrected chi connectivity index (χ0v) is 16.6. The normalized spacial score (nSPS) is 17.3. The molecule has 0 bridgehead atoms. The Balaban J connectivity index is 1.62. The van der Waals surface area contributed by atoms with E-state index in [0.29, 0.717) is 12.3 Å². The van der Waals surface area contributed by atoms with Crippen molar-refractivity contribution in [2.75, 3.05) is 40.8 Å². The second-order valence-corrected chi connectivity index (χ2v) is 7.49. The fraction of sp³-hybridized carbons (Fsp3) is 0.524. The summed E-state index contributed by atoms with van der Waals surface area (Å²) in [6.07, 6.45) is 6.48. The van der Waals surface area contributed by atoms with Crippen LogP contribution in [0.4, 0.5) is 0 Å². The lowest BCUT2D eigenvalue weighted by Crippen LogP contribution is -2.40. The van der Waals surface area contributed by atoms with Crippen LogP contribution in [-0.4, -0.2) is 66.1 Å². The van der Waals surface area contributed by atoms with Crippen LogP contribution in [0.5, 0.6) is 5.75 Å². The van der Waals surface area contributed by atoms with Crippen LogP contribution in [0.15, 0.2) is 36.7 Å². The molecule has 2 aromatic rings. The minimum atomic E-state index is 0.191. The van der Waals surface area contributed by atoms with Crippen molar-refractivity contribution in [2.45, 2.75) is 31.7 Å². The van der Waals surface area contributed by atoms with Gasteiger partial charge in [0.1, 0.15) is 11.6 Å². The van der Waals surface area contributed by atoms with Crippen LogP contribution >= 0.6 is 0 Å². The number of ether oxygens (including phenoxy) is 1. The molecule has 1 aliphatic heterocycles. The van der Waals surface area contributed by atoms with Gasteiger partial charge >= 0.3 is 0 Å². The van der Waals surface area contributed by atoms with E-state index >= 15 is 0 Å². The third kappa shape index (κ3) is 5.10. The summed E-state index contributed by atoms with van der Waals surface area (Å²) < 4.78 is 7.42. The van der Waals surface area contributed by atoms with Gasteiger partial charge in [0.05, 0.1) is 13.5 Å². The van der Waals surface area contributed by atoms with Crippen LogP contribution < -0.4 is 4.74 Å². The minimum Gasteiger partial charge on any atom is -0.497 e. The number of benzene rings is 1. The molecule has 1 atom stereocenters. The number of hydrogen-bond acceptors (Lipinski definition) is 4. The third-order valence-corrected chi connectivity index (χ3v) is 5.19. The van der Waals surface area contributed by atoms with Crippen molar-refractivity contribution in [1.82, 2.24) is 19.4 Å². The average Bonchev–Trinajstić information content (AvgIpc) is 3.15. The number of hydrogen-bond donors (Lipinski definition) is 0. The SMILES string of the molecule is COc1ccc(CC(=O)N2CCC[C@@H](c3nccn3CCN(C)C)C2)cc1. The van der Waals surface area contributed by atoms with E-state index in [1.807, 2.05) is 35.4 Å². The lowest BCUT2D eigenvalue weighted by atomic mass is 9.96. The van der Waals surface area contributed by atoms with Crippen molar-refractivity contribution in [3.63, 3.8) is 0 Å². The molecule has 1 saturated heterocycles. The first-order chi connectivity index (χ1) is 13.1. The monoisotopic (exact) mass is 370 g/mol. The van der Waals surface area contributed by atoms with Gasteiger partial charge < -0.3 is 19.1 Å². The summed E-state index contributed by atoms with van der Waals surface area (Å²) in [7, 11) is 5.81. The van der Waals surface area contributed by atoms with Gasteiger partial charge in [-0.25, -0.2) is 4.98 Å². The van der Waals surface area contributed by atoms with Gasteiger partial charge in [-0.3, -0.25) is 4.79 Å². The fourth-order valence-corrected chi connectivity index (χ4v) is 3.62. The Morgan fingerprint density at radius 3 is 2.78 bits per heavy atom. The second-order valence-electron chi connectivity index (χ2n) is 7.49. The van der Waals surface area contributed by atoms with Gasteiger partial charge in [0.15, 0.2) is 0 Å². The van der Waals surface area contributed by atoms with E-state index in [0.717, 1.165) is 56.2 Å². The number of amides is 1. The van der Waals surface area contributed by atoms with E-state index in [-0.39, 0.29) is 5.91 Å². The lowest BCUT2D eigenvalue weighted by Gasteiger charge is -2.33. The highest BCUT2D eigenvalue weighted by molar-refractivity contribution is 5.79. The number of likely N-dealkylation sites (tertiary alicyclic amines) is 1. The van der Waals surface area contributed by atoms with Crippen LogP contribution in [0, 0.1) is 0 Å². The van der Waals surface area contributed by atoms with Crippen molar-refractivity contribution in [1.29, 1.82) is 0 Å². The molecule has 2 heterocycles. The third-order valence-electron chi connectivity index (χ3n) is 5.19. The summed E-state index contributed by atoms with van der Waals surface area (Å²) in [4.78, 5) is 21.6. The number of methoxy groups -OCH3 is 1. The van der Waals surface area contributed by atoms with Crippen LogP contribution in [0.3, 0.4) is 0 Å². The van der Waals surface area contributed by atoms with Crippen molar-refractivity contribution in [3.05, 3.63) is 48.0 Å². The van der Waals surface area contributed by atoms with Crippen molar-refractivity contribution >= 4 is 5.91 Å². The molecule has 6 nitrogen and oxygen atoms in total. The van der Waals surface area contributed by atoms with Crippen LogP contribution in [0.2, 0.25) is 0 Å². The number of carbonyl (C=O) groups is 1. The molecule has 1 aromatic carbocycles. The highest BCUT2D eigenvalue weighted by Gasteiger charge is 2.27. The van der Waals surface area contributed by atoms with Gasteiger partial charge in [0.25, 0.3) is 0 Å². The molecular formula is C21H30N4O2. The second kappa shape index (κ2) is 9.04. The number of imidazole rings is 1.